The van der Waals surface area contributed by atoms with Gasteiger partial charge in [-0.3, -0.25) is 9.67 Å². The predicted molar refractivity (Wildman–Crippen MR) is 61.0 cm³/mol. The van der Waals surface area contributed by atoms with Crippen LogP contribution in [0.25, 0.3) is 11.5 Å². The van der Waals surface area contributed by atoms with Gasteiger partial charge in [0.05, 0.1) is 6.20 Å². The Bertz CT molecular complexity index is 541. The highest BCUT2D eigenvalue weighted by atomic mass is 32.1. The third-order valence-electron chi connectivity index (χ3n) is 2.18. The van der Waals surface area contributed by atoms with E-state index in [0.29, 0.717) is 16.3 Å². The molecular weight excluding hydrogens is 227 g/mol. The van der Waals surface area contributed by atoms with Crippen molar-refractivity contribution in [3.8, 4) is 11.5 Å². The average Bonchev–Trinajstić information content (AvgIpc) is 2.61. The van der Waals surface area contributed by atoms with Crippen molar-refractivity contribution in [3.63, 3.8) is 0 Å². The maximum Gasteiger partial charge on any atom is 0.195 e. The summed E-state index contributed by atoms with van der Waals surface area (Å²) in [5, 5.41) is 6.81. The summed E-state index contributed by atoms with van der Waals surface area (Å²) in [6.45, 7) is 4.00. The molecule has 1 N–H and O–H groups in total. The van der Waals surface area contributed by atoms with Crippen LogP contribution in [-0.2, 0) is 0 Å². The van der Waals surface area contributed by atoms with Crippen molar-refractivity contribution in [2.75, 3.05) is 0 Å². The highest BCUT2D eigenvalue weighted by Crippen LogP contribution is 2.18. The number of hydrogen-bond donors (Lipinski definition) is 1. The van der Waals surface area contributed by atoms with Gasteiger partial charge in [-0.05, 0) is 38.2 Å². The van der Waals surface area contributed by atoms with E-state index in [-0.39, 0.29) is 11.9 Å². The molecule has 0 spiro atoms. The van der Waals surface area contributed by atoms with Crippen LogP contribution in [0.15, 0.2) is 18.3 Å². The van der Waals surface area contributed by atoms with Crippen LogP contribution in [0, 0.1) is 10.6 Å². The molecule has 2 aromatic rings. The minimum atomic E-state index is -0.367. The molecule has 0 aromatic carbocycles. The predicted octanol–water partition coefficient (Wildman–Crippen LogP) is 2.72. The first-order chi connectivity index (χ1) is 7.59. The van der Waals surface area contributed by atoms with Crippen LogP contribution in [0.3, 0.4) is 0 Å². The number of aromatic amines is 1. The van der Waals surface area contributed by atoms with Crippen LogP contribution in [-0.4, -0.2) is 19.7 Å². The van der Waals surface area contributed by atoms with Crippen molar-refractivity contribution < 1.29 is 4.39 Å². The molecule has 0 aliphatic carbocycles. The number of pyridine rings is 1. The number of H-pyrrole nitrogens is 1. The Kier molecular flexibility index (Phi) is 2.82. The quantitative estimate of drug-likeness (QED) is 0.818. The van der Waals surface area contributed by atoms with E-state index in [1.807, 2.05) is 18.4 Å². The minimum Gasteiger partial charge on any atom is -0.296 e. The van der Waals surface area contributed by atoms with E-state index in [9.17, 15) is 4.39 Å². The van der Waals surface area contributed by atoms with Gasteiger partial charge in [-0.2, -0.15) is 5.10 Å². The summed E-state index contributed by atoms with van der Waals surface area (Å²) >= 11 is 5.12. The van der Waals surface area contributed by atoms with Crippen LogP contribution in [0.4, 0.5) is 4.39 Å². The molecule has 0 aliphatic rings. The Morgan fingerprint density at radius 2 is 2.19 bits per heavy atom. The first-order valence-corrected chi connectivity index (χ1v) is 5.29. The molecule has 2 aromatic heterocycles. The molecule has 0 saturated carbocycles. The van der Waals surface area contributed by atoms with Gasteiger partial charge in [0.25, 0.3) is 0 Å². The standard InChI is InChI=1S/C10H11FN4S/c1-6(2)15-9(13-14-10(15)16)8-4-3-7(11)5-12-8/h3-6H,1-2H3,(H,14,16). The van der Waals surface area contributed by atoms with Gasteiger partial charge < -0.3 is 0 Å². The van der Waals surface area contributed by atoms with Gasteiger partial charge in [-0.15, -0.1) is 0 Å². The molecule has 2 heterocycles. The lowest BCUT2D eigenvalue weighted by Gasteiger charge is -2.09. The Morgan fingerprint density at radius 1 is 1.44 bits per heavy atom. The monoisotopic (exact) mass is 238 g/mol. The normalized spacial score (nSPS) is 11.0. The smallest absolute Gasteiger partial charge is 0.195 e. The molecule has 6 heteroatoms. The lowest BCUT2D eigenvalue weighted by atomic mass is 10.3. The number of aromatic nitrogens is 4. The SMILES string of the molecule is CC(C)n1c(-c2ccc(F)cn2)n[nH]c1=S. The summed E-state index contributed by atoms with van der Waals surface area (Å²) in [6, 6.07) is 3.11. The second kappa shape index (κ2) is 4.13. The molecule has 84 valence electrons. The molecule has 2 rings (SSSR count). The zero-order valence-corrected chi connectivity index (χ0v) is 9.75. The van der Waals surface area contributed by atoms with Gasteiger partial charge in [-0.1, -0.05) is 0 Å². The van der Waals surface area contributed by atoms with Crippen molar-refractivity contribution in [2.24, 2.45) is 0 Å². The van der Waals surface area contributed by atoms with Gasteiger partial charge in [-0.25, -0.2) is 9.37 Å². The van der Waals surface area contributed by atoms with E-state index < -0.39 is 0 Å². The van der Waals surface area contributed by atoms with Crippen molar-refractivity contribution >= 4 is 12.2 Å². The van der Waals surface area contributed by atoms with Crippen LogP contribution in [0.2, 0.25) is 0 Å². The highest BCUT2D eigenvalue weighted by molar-refractivity contribution is 7.71. The zero-order chi connectivity index (χ0) is 11.7. The number of nitrogens with one attached hydrogen (secondary N) is 1. The molecule has 0 fully saturated rings. The van der Waals surface area contributed by atoms with E-state index in [1.54, 1.807) is 6.07 Å². The van der Waals surface area contributed by atoms with Gasteiger partial charge in [0.2, 0.25) is 0 Å². The molecule has 0 atom stereocenters. The third kappa shape index (κ3) is 1.88. The number of nitrogens with zero attached hydrogens (tertiary/aromatic N) is 3. The topological polar surface area (TPSA) is 46.5 Å². The Balaban J connectivity index is 2.56. The summed E-state index contributed by atoms with van der Waals surface area (Å²) in [5.41, 5.74) is 0.599. The lowest BCUT2D eigenvalue weighted by molar-refractivity contribution is 0.594. The fourth-order valence-electron chi connectivity index (χ4n) is 1.47. The van der Waals surface area contributed by atoms with Gasteiger partial charge in [0.1, 0.15) is 11.5 Å². The Hall–Kier alpha value is -1.56. The molecule has 0 unspecified atom stereocenters. The summed E-state index contributed by atoms with van der Waals surface area (Å²) in [4.78, 5) is 3.98. The van der Waals surface area contributed by atoms with E-state index in [0.717, 1.165) is 6.20 Å². The molecule has 16 heavy (non-hydrogen) atoms. The first kappa shape index (κ1) is 10.9. The van der Waals surface area contributed by atoms with E-state index in [1.165, 1.54) is 6.07 Å². The Morgan fingerprint density at radius 3 is 2.75 bits per heavy atom. The molecule has 0 aliphatic heterocycles. The highest BCUT2D eigenvalue weighted by Gasteiger charge is 2.12. The van der Waals surface area contributed by atoms with Crippen molar-refractivity contribution in [1.29, 1.82) is 0 Å². The van der Waals surface area contributed by atoms with E-state index >= 15 is 0 Å². The van der Waals surface area contributed by atoms with Gasteiger partial charge in [0, 0.05) is 6.04 Å². The molecular formula is C10H11FN4S. The molecule has 4 nitrogen and oxygen atoms in total. The third-order valence-corrected chi connectivity index (χ3v) is 2.47. The largest absolute Gasteiger partial charge is 0.296 e. The minimum absolute atomic E-state index is 0.174. The molecule has 0 bridgehead atoms. The average molecular weight is 238 g/mol. The Labute approximate surface area is 97.2 Å². The fourth-order valence-corrected chi connectivity index (χ4v) is 1.82. The second-order valence-corrected chi connectivity index (χ2v) is 4.06. The van der Waals surface area contributed by atoms with Gasteiger partial charge in [0.15, 0.2) is 10.6 Å². The fraction of sp³-hybridized carbons (Fsp3) is 0.300. The number of hydrogen-bond acceptors (Lipinski definition) is 3. The summed E-state index contributed by atoms with van der Waals surface area (Å²) < 4.78 is 15.1. The summed E-state index contributed by atoms with van der Waals surface area (Å²) in [7, 11) is 0. The number of rotatable bonds is 2. The number of halogens is 1. The second-order valence-electron chi connectivity index (χ2n) is 3.68. The van der Waals surface area contributed by atoms with Crippen molar-refractivity contribution in [1.82, 2.24) is 19.7 Å². The van der Waals surface area contributed by atoms with Crippen molar-refractivity contribution in [2.45, 2.75) is 19.9 Å². The van der Waals surface area contributed by atoms with Crippen molar-refractivity contribution in [3.05, 3.63) is 28.9 Å². The van der Waals surface area contributed by atoms with Crippen LogP contribution in [0.1, 0.15) is 19.9 Å². The summed E-state index contributed by atoms with van der Waals surface area (Å²) in [5.74, 6) is 0.258. The molecule has 0 saturated heterocycles. The van der Waals surface area contributed by atoms with E-state index in [2.05, 4.69) is 15.2 Å². The maximum atomic E-state index is 12.7. The zero-order valence-electron chi connectivity index (χ0n) is 8.94. The maximum absolute atomic E-state index is 12.7. The van der Waals surface area contributed by atoms with Gasteiger partial charge >= 0.3 is 0 Å². The van der Waals surface area contributed by atoms with Crippen LogP contribution < -0.4 is 0 Å². The lowest BCUT2D eigenvalue weighted by Crippen LogP contribution is -2.04. The summed E-state index contributed by atoms with van der Waals surface area (Å²) in [6.07, 6.45) is 1.16. The molecule has 0 amide bonds. The van der Waals surface area contributed by atoms with E-state index in [4.69, 9.17) is 12.2 Å². The van der Waals surface area contributed by atoms with Crippen LogP contribution in [0.5, 0.6) is 0 Å². The van der Waals surface area contributed by atoms with Crippen LogP contribution >= 0.6 is 12.2 Å². The molecule has 0 radical (unpaired) electrons. The first-order valence-electron chi connectivity index (χ1n) is 4.88.